The van der Waals surface area contributed by atoms with E-state index in [1.165, 1.54) is 27.1 Å². The van der Waals surface area contributed by atoms with Gasteiger partial charge in [0.05, 0.1) is 39.3 Å². The van der Waals surface area contributed by atoms with Gasteiger partial charge in [0.25, 0.3) is 16.7 Å². The molecule has 5 aromatic heterocycles. The number of hydrogen-bond acceptors (Lipinski definition) is 27. The second kappa shape index (κ2) is 21.4. The fourth-order valence-electron chi connectivity index (χ4n) is 8.38. The molecule has 5 aromatic rings. The number of H-pyrrole nitrogens is 2. The number of methoxy groups -OCH3 is 1. The molecule has 8 heterocycles. The van der Waals surface area contributed by atoms with E-state index in [-0.39, 0.29) is 40.5 Å². The molecular weight excluding hydrogens is 1090 g/mol. The maximum absolute atomic E-state index is 13.6. The highest BCUT2D eigenvalue weighted by molar-refractivity contribution is 7.66. The van der Waals surface area contributed by atoms with Crippen LogP contribution in [0.3, 0.4) is 0 Å². The zero-order valence-corrected chi connectivity index (χ0v) is 41.5. The van der Waals surface area contributed by atoms with E-state index in [2.05, 4.69) is 33.5 Å². The third kappa shape index (κ3) is 11.7. The molecule has 0 amide bonds. The van der Waals surface area contributed by atoms with Gasteiger partial charge in [-0.1, -0.05) is 0 Å². The number of nitrogens with one attached hydrogen (secondary N) is 2. The fraction of sp³-hybridized carbons (Fsp3) is 0.576. The number of aryl methyl sites for hydroxylation is 1. The minimum absolute atomic E-state index is 0.00406. The predicted octanol–water partition coefficient (Wildman–Crippen LogP) is -4.24. The number of imidazole rings is 2. The maximum atomic E-state index is 13.6. The van der Waals surface area contributed by atoms with Crippen LogP contribution in [0.15, 0.2) is 45.6 Å². The van der Waals surface area contributed by atoms with Crippen molar-refractivity contribution in [2.75, 3.05) is 45.0 Å². The molecule has 3 aliphatic rings. The number of aromatic amines is 2. The Hall–Kier alpha value is -4.62. The third-order valence-electron chi connectivity index (χ3n) is 11.6. The van der Waals surface area contributed by atoms with E-state index in [0.29, 0.717) is 0 Å². The van der Waals surface area contributed by atoms with E-state index in [1.807, 2.05) is 4.98 Å². The van der Waals surface area contributed by atoms with Crippen LogP contribution in [0.4, 0.5) is 11.8 Å². The molecule has 3 saturated heterocycles. The minimum atomic E-state index is -6.19. The van der Waals surface area contributed by atoms with Crippen molar-refractivity contribution in [3.05, 3.63) is 62.4 Å². The molecule has 3 aliphatic heterocycles. The molecule has 16 atom stereocenters. The first-order chi connectivity index (χ1) is 34.7. The lowest BCUT2D eigenvalue weighted by atomic mass is 9.95. The molecule has 0 spiro atoms. The fourth-order valence-corrected chi connectivity index (χ4v) is 12.9. The predicted molar refractivity (Wildman–Crippen MR) is 237 cm³/mol. The van der Waals surface area contributed by atoms with Gasteiger partial charge >= 0.3 is 42.5 Å². The summed E-state index contributed by atoms with van der Waals surface area (Å²) in [6.45, 7) is -3.82. The van der Waals surface area contributed by atoms with E-state index in [4.69, 9.17) is 48.5 Å². The highest BCUT2D eigenvalue weighted by Gasteiger charge is 2.54. The van der Waals surface area contributed by atoms with Crippen molar-refractivity contribution in [1.82, 2.24) is 43.6 Å². The van der Waals surface area contributed by atoms with Gasteiger partial charge in [0, 0.05) is 31.9 Å². The summed E-state index contributed by atoms with van der Waals surface area (Å²) in [7, 11) is -20.9. The van der Waals surface area contributed by atoms with Crippen LogP contribution < -0.4 is 32.8 Å². The molecule has 14 N–H and O–H groups in total. The Kier molecular flexibility index (Phi) is 16.1. The van der Waals surface area contributed by atoms with Crippen LogP contribution in [-0.2, 0) is 71.0 Å². The summed E-state index contributed by atoms with van der Waals surface area (Å²) < 4.78 is 109. The quantitative estimate of drug-likeness (QED) is 0.0245. The highest BCUT2D eigenvalue weighted by atomic mass is 31.3. The zero-order chi connectivity index (χ0) is 53.8. The number of nitrogens with zero attached hydrogens (tertiary/aromatic N) is 8. The van der Waals surface area contributed by atoms with Crippen molar-refractivity contribution >= 4 is 65.4 Å². The van der Waals surface area contributed by atoms with Gasteiger partial charge in [0.15, 0.2) is 23.9 Å². The number of aliphatic hydroxyl groups excluding tert-OH is 4. The number of hydrogen-bond donors (Lipinski definition) is 12. The van der Waals surface area contributed by atoms with Gasteiger partial charge in [0.2, 0.25) is 18.5 Å². The minimum Gasteiger partial charge on any atom is -0.396 e. The van der Waals surface area contributed by atoms with Crippen LogP contribution in [0, 0.1) is 5.92 Å². The van der Waals surface area contributed by atoms with Crippen molar-refractivity contribution in [3.8, 4) is 0 Å². The first-order valence-electron chi connectivity index (χ1n) is 21.2. The van der Waals surface area contributed by atoms with Gasteiger partial charge < -0.3 is 70.4 Å². The Balaban J connectivity index is 0.939. The number of anilines is 2. The average molecular weight is 1140 g/mol. The number of ether oxygens (including phenoxy) is 4. The summed E-state index contributed by atoms with van der Waals surface area (Å²) in [5.41, 5.74) is 9.19. The molecule has 408 valence electrons. The van der Waals surface area contributed by atoms with Crippen molar-refractivity contribution in [2.24, 2.45) is 13.0 Å². The lowest BCUT2D eigenvalue weighted by Gasteiger charge is -2.26. The smallest absolute Gasteiger partial charge is 0.396 e. The average Bonchev–Trinajstić information content (AvgIpc) is 4.10. The summed E-state index contributed by atoms with van der Waals surface area (Å²) in [4.78, 5) is 99.3. The summed E-state index contributed by atoms with van der Waals surface area (Å²) in [5, 5.41) is 42.2. The lowest BCUT2D eigenvalue weighted by Crippen LogP contribution is -2.38. The summed E-state index contributed by atoms with van der Waals surface area (Å²) >= 11 is 0. The molecule has 3 fully saturated rings. The second-order valence-corrected chi connectivity index (χ2v) is 22.4. The van der Waals surface area contributed by atoms with Crippen molar-refractivity contribution in [1.29, 1.82) is 0 Å². The number of phosphoric acid groups is 4. The molecular formula is C33H47N12O25P4+. The third-order valence-corrected chi connectivity index (χ3v) is 16.8. The molecule has 0 saturated carbocycles. The first kappa shape index (κ1) is 55.6. The Labute approximate surface area is 411 Å². The zero-order valence-electron chi connectivity index (χ0n) is 37.9. The Morgan fingerprint density at radius 1 is 0.743 bits per heavy atom. The topological polar surface area (TPSA) is 527 Å². The number of phosphoric ester groups is 3. The Bertz CT molecular complexity index is 3260. The van der Waals surface area contributed by atoms with Crippen LogP contribution in [-0.4, -0.2) is 166 Å². The van der Waals surface area contributed by atoms with Gasteiger partial charge in [-0.2, -0.15) is 18.2 Å². The number of aliphatic hydroxyl groups is 4. The molecule has 0 bridgehead atoms. The summed E-state index contributed by atoms with van der Waals surface area (Å²) in [6.07, 6.45) is -13.7. The number of nitrogens with two attached hydrogens (primary N) is 2. The van der Waals surface area contributed by atoms with Gasteiger partial charge in [-0.25, -0.2) is 42.6 Å². The number of aromatic nitrogens is 10. The van der Waals surface area contributed by atoms with E-state index in [1.54, 1.807) is 0 Å². The largest absolute Gasteiger partial charge is 0.490 e. The van der Waals surface area contributed by atoms with Crippen LogP contribution in [0.2, 0.25) is 0 Å². The van der Waals surface area contributed by atoms with Crippen LogP contribution in [0.5, 0.6) is 0 Å². The molecule has 0 aliphatic carbocycles. The molecule has 37 nitrogen and oxygen atoms in total. The number of nitrogen functional groups attached to an aromatic ring is 2. The van der Waals surface area contributed by atoms with Gasteiger partial charge in [0.1, 0.15) is 54.6 Å². The maximum Gasteiger partial charge on any atom is 0.490 e. The lowest BCUT2D eigenvalue weighted by molar-refractivity contribution is -0.646. The van der Waals surface area contributed by atoms with Crippen molar-refractivity contribution in [2.45, 2.75) is 73.9 Å². The number of rotatable bonds is 21. The summed E-state index contributed by atoms with van der Waals surface area (Å²) in [5.74, 6) is -1.44. The van der Waals surface area contributed by atoms with E-state index in [9.17, 15) is 72.6 Å². The normalized spacial score (nSPS) is 30.6. The highest BCUT2D eigenvalue weighted by Crippen LogP contribution is 2.68. The van der Waals surface area contributed by atoms with Gasteiger partial charge in [-0.15, -0.1) is 0 Å². The second-order valence-electron chi connectivity index (χ2n) is 16.4. The van der Waals surface area contributed by atoms with E-state index >= 15 is 0 Å². The molecule has 74 heavy (non-hydrogen) atoms. The van der Waals surface area contributed by atoms with Gasteiger partial charge in [-0.05, 0) is 6.42 Å². The molecule has 41 heteroatoms. The molecule has 0 radical (unpaired) electrons. The van der Waals surface area contributed by atoms with Crippen LogP contribution in [0.1, 0.15) is 25.1 Å². The van der Waals surface area contributed by atoms with Crippen molar-refractivity contribution < 1.29 is 108 Å². The Morgan fingerprint density at radius 3 is 2.03 bits per heavy atom. The first-order valence-corrected chi connectivity index (χ1v) is 27.2. The molecule has 4 unspecified atom stereocenters. The SMILES string of the molecule is CO[C@@H]1[C@H](OP(=O)(O)OC[C@H]2O[C@@H](n3ccc(=O)[nH]c3=O)[C@H](O)[C@@H]2O)[C@@H](COP(=O)(O)OP(=O)(O)OP(=O)(O)OC[C@H]2O[C@@H](n3c[n+](C)c4c(=O)[nH]c(N)nc43)[C@H](O)[C@@H]2CCO)O[C@H]1n1cnc2c(N)ncnc21. The van der Waals surface area contributed by atoms with Crippen LogP contribution in [0.25, 0.3) is 22.3 Å². The standard InChI is InChI=1S/C33H46N12O25P4/c1-42-12-45(27-19(42)28(51)41-32(35)40-27)29-20(48)13(4-6-46)14(65-29)7-63-72(55,56)69-74(59,60)70-73(57,58)64-9-16-23(24(61-2)31(67-16)44-11-38-18-25(34)36-10-37-26(18)44)68-71(53,54)62-8-15-21(49)22(50)30(66-15)43-5-3-17(47)39-33(43)52/h3,5,10-16,20-24,29-31,46,48-50H,4,6-9H2,1-2H3,(H9-,34,35,36,37,39,40,41,47,51,52,53,54,55,56,57,58,59,60)/p+1/t13-,14-,15-,16-,20-,21-,22-,23-,24-,29-,30-,31-/m1/s1. The monoisotopic (exact) mass is 1140 g/mol. The molecule has 8 rings (SSSR count). The Morgan fingerprint density at radius 2 is 1.36 bits per heavy atom. The van der Waals surface area contributed by atoms with Gasteiger partial charge in [-0.3, -0.25) is 46.8 Å². The van der Waals surface area contributed by atoms with E-state index < -0.39 is 148 Å². The van der Waals surface area contributed by atoms with Crippen molar-refractivity contribution in [3.63, 3.8) is 0 Å². The van der Waals surface area contributed by atoms with E-state index in [0.717, 1.165) is 36.6 Å². The molecule has 0 aromatic carbocycles. The number of fused-ring (bicyclic) bond motifs is 2. The van der Waals surface area contributed by atoms with Crippen LogP contribution >= 0.6 is 31.3 Å². The summed E-state index contributed by atoms with van der Waals surface area (Å²) in [6, 6.07) is 0.923.